The second-order valence-corrected chi connectivity index (χ2v) is 21.6. The minimum atomic E-state index is -2.82. The van der Waals surface area contributed by atoms with E-state index in [2.05, 4.69) is 49.5 Å². The molecule has 0 aromatic rings. The number of ether oxygens (including phenoxy) is 1. The molecule has 86 heavy (non-hydrogen) atoms. The summed E-state index contributed by atoms with van der Waals surface area (Å²) in [5.74, 6) is -16.3. The van der Waals surface area contributed by atoms with Crippen molar-refractivity contribution in [2.45, 2.75) is 222 Å². The third-order valence-corrected chi connectivity index (χ3v) is 14.2. The number of carboxylic acid groups (broad SMARTS) is 1. The molecule has 488 valence electrons. The van der Waals surface area contributed by atoms with Crippen molar-refractivity contribution in [2.75, 3.05) is 32.1 Å². The van der Waals surface area contributed by atoms with Gasteiger partial charge < -0.3 is 101 Å². The third-order valence-electron chi connectivity index (χ3n) is 13.9. The van der Waals surface area contributed by atoms with Crippen LogP contribution in [0.15, 0.2) is 11.8 Å². The van der Waals surface area contributed by atoms with E-state index in [0.717, 1.165) is 64.4 Å². The van der Waals surface area contributed by atoms with Crippen molar-refractivity contribution in [3.63, 3.8) is 0 Å². The molecular weight excluding hydrogens is 1150 g/mol. The fourth-order valence-electron chi connectivity index (χ4n) is 8.75. The second kappa shape index (κ2) is 40.7. The van der Waals surface area contributed by atoms with Gasteiger partial charge in [-0.2, -0.15) is 0 Å². The number of aliphatic hydroxyl groups excluding tert-OH is 4. The molecule has 10 amide bonds. The van der Waals surface area contributed by atoms with Crippen molar-refractivity contribution in [3.05, 3.63) is 11.8 Å². The molecule has 1 aliphatic carbocycles. The number of hydrogen-bond acceptors (Lipinski definition) is 20. The van der Waals surface area contributed by atoms with Crippen molar-refractivity contribution in [1.29, 1.82) is 0 Å². The Labute approximate surface area is 504 Å². The number of alkyl halides is 1. The standard InChI is InChI=1S/C54H92ClN13O18/c1-4-6-7-8-9-10-11-12-13-16-31(70)25-39(72)60-37-28-86-54(85)42(38(71)27-55)67-52(82)43(44(74)53(83)84)68-45(75)32(5-2)61-51(81)41(29(3)69)66-48(78)35(21-24-58)63-46(76)33(17-14-15-22-56)62-49(79)36(26-40(73)59-30-18-19-30)65-47(77)34(20-23-57)64-50(37)80/h5,29-31,33-38,41-44,69-71,74H,4,6-28,56-58H2,1-3H3,(H,59,73)(H,60,72)(H,61,81)(H,62,79)(H,63,76)(H,64,80)(H,65,77)(H,66,78)(H,67,82)(H,68,75)(H,83,84)/b32-5-/t29-,31+,33+,34-,35+,36+,37+,38-,41+,42+,43+,44+/m1/s1. The lowest BCUT2D eigenvalue weighted by atomic mass is 10.0. The SMILES string of the molecule is C/C=C1\NC(=O)[C@H]([C@@H](C)O)NC(=O)[C@H](CCN)NC(=O)[C@H](CCCCN)NC(=O)[C@H](CC(=O)NC2CC2)NC(=O)[C@@H](CCN)NC(=O)[C@@H](NC(=O)C[C@@H](O)CCCCCCCCCCC)COC(=O)[C@H]([C@H](O)CCl)NC(=O)[C@H]([C@H](O)C(=O)O)NC1=O. The maximum atomic E-state index is 14.3. The molecule has 21 N–H and O–H groups in total. The van der Waals surface area contributed by atoms with Gasteiger partial charge in [0.1, 0.15) is 54.6 Å². The number of rotatable bonds is 29. The van der Waals surface area contributed by atoms with Gasteiger partial charge in [0, 0.05) is 6.04 Å². The number of allylic oxidation sites excluding steroid dienone is 1. The third kappa shape index (κ3) is 27.8. The van der Waals surface area contributed by atoms with Crippen molar-refractivity contribution in [3.8, 4) is 0 Å². The summed E-state index contributed by atoms with van der Waals surface area (Å²) in [5, 5.41) is 75.9. The highest BCUT2D eigenvalue weighted by atomic mass is 35.5. The number of hydrogen-bond donors (Lipinski definition) is 18. The molecule has 32 heteroatoms. The minimum Gasteiger partial charge on any atom is -0.479 e. The summed E-state index contributed by atoms with van der Waals surface area (Å²) in [6.45, 7) is 2.79. The first-order valence-electron chi connectivity index (χ1n) is 29.3. The molecule has 31 nitrogen and oxygen atoms in total. The lowest BCUT2D eigenvalue weighted by Gasteiger charge is -2.29. The summed E-state index contributed by atoms with van der Waals surface area (Å²) in [5.41, 5.74) is 16.7. The molecule has 2 rings (SSSR count). The van der Waals surface area contributed by atoms with E-state index in [1.165, 1.54) is 6.92 Å². The molecule has 1 saturated heterocycles. The molecular formula is C54H92ClN13O18. The normalized spacial score (nSPS) is 24.9. The van der Waals surface area contributed by atoms with E-state index < -0.39 is 175 Å². The van der Waals surface area contributed by atoms with Crippen LogP contribution >= 0.6 is 11.6 Å². The maximum Gasteiger partial charge on any atom is 0.335 e. The number of nitrogens with one attached hydrogen (secondary N) is 10. The van der Waals surface area contributed by atoms with Gasteiger partial charge in [-0.05, 0) is 84.8 Å². The van der Waals surface area contributed by atoms with Crippen molar-refractivity contribution in [2.24, 2.45) is 17.2 Å². The predicted octanol–water partition coefficient (Wildman–Crippen LogP) is -4.97. The highest BCUT2D eigenvalue weighted by Gasteiger charge is 2.41. The molecule has 1 saturated carbocycles. The van der Waals surface area contributed by atoms with Crippen LogP contribution in [-0.4, -0.2) is 207 Å². The Morgan fingerprint density at radius 1 is 0.616 bits per heavy atom. The van der Waals surface area contributed by atoms with Gasteiger partial charge in [0.2, 0.25) is 53.2 Å². The quantitative estimate of drug-likeness (QED) is 0.0144. The summed E-state index contributed by atoms with van der Waals surface area (Å²) in [7, 11) is 0. The zero-order valence-corrected chi connectivity index (χ0v) is 50.0. The number of amides is 10. The zero-order chi connectivity index (χ0) is 64.5. The number of esters is 1. The van der Waals surface area contributed by atoms with Gasteiger partial charge in [-0.15, -0.1) is 11.6 Å². The molecule has 1 heterocycles. The van der Waals surface area contributed by atoms with Crippen LogP contribution in [0.4, 0.5) is 0 Å². The average molecular weight is 1250 g/mol. The molecule has 0 spiro atoms. The highest BCUT2D eigenvalue weighted by molar-refractivity contribution is 6.18. The fourth-order valence-corrected chi connectivity index (χ4v) is 8.93. The van der Waals surface area contributed by atoms with Gasteiger partial charge in [0.25, 0.3) is 5.91 Å². The first-order valence-corrected chi connectivity index (χ1v) is 29.9. The molecule has 0 aromatic heterocycles. The molecule has 1 aliphatic heterocycles. The molecule has 12 atom stereocenters. The van der Waals surface area contributed by atoms with Gasteiger partial charge in [0.15, 0.2) is 12.1 Å². The molecule has 0 unspecified atom stereocenters. The van der Waals surface area contributed by atoms with Crippen LogP contribution in [-0.2, 0) is 62.3 Å². The van der Waals surface area contributed by atoms with Crippen molar-refractivity contribution in [1.82, 2.24) is 53.2 Å². The zero-order valence-electron chi connectivity index (χ0n) is 49.2. The van der Waals surface area contributed by atoms with Crippen LogP contribution in [0.25, 0.3) is 0 Å². The lowest BCUT2D eigenvalue weighted by molar-refractivity contribution is -0.155. The summed E-state index contributed by atoms with van der Waals surface area (Å²) in [6.07, 6.45) is 1.72. The molecule has 2 aliphatic rings. The lowest BCUT2D eigenvalue weighted by Crippen LogP contribution is -2.62. The van der Waals surface area contributed by atoms with Crippen molar-refractivity contribution < 1.29 is 87.8 Å². The van der Waals surface area contributed by atoms with Gasteiger partial charge in [-0.25, -0.2) is 9.59 Å². The van der Waals surface area contributed by atoms with Crippen LogP contribution in [0, 0.1) is 0 Å². The Morgan fingerprint density at radius 3 is 1.66 bits per heavy atom. The molecule has 0 aromatic carbocycles. The summed E-state index contributed by atoms with van der Waals surface area (Å²) in [6, 6.07) is -15.6. The Hall–Kier alpha value is -6.61. The van der Waals surface area contributed by atoms with Crippen LogP contribution in [0.2, 0.25) is 0 Å². The van der Waals surface area contributed by atoms with Crippen LogP contribution in [0.1, 0.15) is 143 Å². The number of aliphatic hydroxyl groups is 4. The van der Waals surface area contributed by atoms with E-state index in [4.69, 9.17) is 33.5 Å². The Morgan fingerprint density at radius 2 is 1.14 bits per heavy atom. The van der Waals surface area contributed by atoms with Crippen LogP contribution in [0.3, 0.4) is 0 Å². The average Bonchev–Trinajstić information content (AvgIpc) is 3.52. The monoisotopic (exact) mass is 1250 g/mol. The summed E-state index contributed by atoms with van der Waals surface area (Å²) >= 11 is 5.89. The molecule has 0 radical (unpaired) electrons. The summed E-state index contributed by atoms with van der Waals surface area (Å²) in [4.78, 5) is 165. The Balaban J connectivity index is 2.79. The maximum absolute atomic E-state index is 14.3. The first-order chi connectivity index (χ1) is 40.8. The number of carboxylic acids is 1. The smallest absolute Gasteiger partial charge is 0.335 e. The number of carbonyl (C=O) groups excluding carboxylic acids is 11. The number of nitrogens with two attached hydrogens (primary N) is 3. The van der Waals surface area contributed by atoms with E-state index in [1.54, 1.807) is 0 Å². The summed E-state index contributed by atoms with van der Waals surface area (Å²) < 4.78 is 5.33. The van der Waals surface area contributed by atoms with Gasteiger partial charge >= 0.3 is 11.9 Å². The van der Waals surface area contributed by atoms with Crippen molar-refractivity contribution >= 4 is 82.6 Å². The fraction of sp³-hybridized carbons (Fsp3) is 0.741. The van der Waals surface area contributed by atoms with E-state index in [0.29, 0.717) is 25.7 Å². The van der Waals surface area contributed by atoms with E-state index >= 15 is 0 Å². The van der Waals surface area contributed by atoms with E-state index in [1.807, 2.05) is 10.6 Å². The predicted molar refractivity (Wildman–Crippen MR) is 309 cm³/mol. The van der Waals surface area contributed by atoms with Gasteiger partial charge in [-0.1, -0.05) is 70.8 Å². The number of aliphatic carboxylic acids is 1. The van der Waals surface area contributed by atoms with Crippen LogP contribution in [0.5, 0.6) is 0 Å². The van der Waals surface area contributed by atoms with Gasteiger partial charge in [0.05, 0.1) is 37.0 Å². The number of cyclic esters (lactones) is 1. The minimum absolute atomic E-state index is 0.134. The topological polar surface area (TPSA) is 514 Å². The second-order valence-electron chi connectivity index (χ2n) is 21.3. The number of halogens is 1. The molecule has 2 fully saturated rings. The van der Waals surface area contributed by atoms with Gasteiger partial charge in [-0.3, -0.25) is 47.9 Å². The number of carbonyl (C=O) groups is 12. The largest absolute Gasteiger partial charge is 0.479 e. The first kappa shape index (κ1) is 75.5. The van der Waals surface area contributed by atoms with E-state index in [-0.39, 0.29) is 57.8 Å². The Bertz CT molecular complexity index is 2300. The van der Waals surface area contributed by atoms with E-state index in [9.17, 15) is 83.1 Å². The van der Waals surface area contributed by atoms with Crippen LogP contribution < -0.4 is 70.4 Å². The number of unbranched alkanes of at least 4 members (excludes halogenated alkanes) is 9. The molecule has 0 bridgehead atoms. The highest BCUT2D eigenvalue weighted by Crippen LogP contribution is 2.19. The Kier molecular flexibility index (Phi) is 35.7.